The second kappa shape index (κ2) is 6.34. The summed E-state index contributed by atoms with van der Waals surface area (Å²) >= 11 is 6.00. The van der Waals surface area contributed by atoms with Crippen LogP contribution in [0.4, 0.5) is 0 Å². The molecule has 0 bridgehead atoms. The van der Waals surface area contributed by atoms with Crippen molar-refractivity contribution in [1.29, 1.82) is 0 Å². The van der Waals surface area contributed by atoms with Crippen LogP contribution >= 0.6 is 11.6 Å². The molecule has 0 amide bonds. The molecule has 0 unspecified atom stereocenters. The summed E-state index contributed by atoms with van der Waals surface area (Å²) in [6.07, 6.45) is 6.69. The molecule has 1 aromatic carbocycles. The maximum atomic E-state index is 6.00. The summed E-state index contributed by atoms with van der Waals surface area (Å²) in [4.78, 5) is 0. The summed E-state index contributed by atoms with van der Waals surface area (Å²) < 4.78 is 5.47. The fourth-order valence-corrected chi connectivity index (χ4v) is 1.40. The molecule has 0 fully saturated rings. The average molecular weight is 224 g/mol. The Hall–Kier alpha value is -1.17. The normalized spacial score (nSPS) is 9.67. The largest absolute Gasteiger partial charge is 0.492 e. The van der Waals surface area contributed by atoms with Gasteiger partial charge < -0.3 is 10.5 Å². The van der Waals surface area contributed by atoms with Gasteiger partial charge in [0.2, 0.25) is 0 Å². The molecule has 0 atom stereocenters. The van der Waals surface area contributed by atoms with Crippen LogP contribution in [0.25, 0.3) is 0 Å². The first-order chi connectivity index (χ1) is 7.27. The first-order valence-electron chi connectivity index (χ1n) is 4.82. The van der Waals surface area contributed by atoms with Crippen molar-refractivity contribution in [1.82, 2.24) is 0 Å². The van der Waals surface area contributed by atoms with Crippen LogP contribution in [0.3, 0.4) is 0 Å². The van der Waals surface area contributed by atoms with Gasteiger partial charge in [-0.1, -0.05) is 17.7 Å². The Morgan fingerprint density at radius 3 is 2.87 bits per heavy atom. The molecule has 1 rings (SSSR count). The predicted molar refractivity (Wildman–Crippen MR) is 62.9 cm³/mol. The standard InChI is InChI=1S/C12H14ClNO/c1-2-3-4-7-15-12-6-5-10(9-14)8-11(12)13/h1,5-6,8H,3-4,7,9,14H2. The number of halogens is 1. The lowest BCUT2D eigenvalue weighted by Gasteiger charge is -2.08. The first kappa shape index (κ1) is 11.9. The minimum absolute atomic E-state index is 0.483. The molecule has 0 heterocycles. The summed E-state index contributed by atoms with van der Waals surface area (Å²) in [6.45, 7) is 1.07. The van der Waals surface area contributed by atoms with Crippen molar-refractivity contribution in [2.24, 2.45) is 5.73 Å². The molecule has 0 saturated carbocycles. The van der Waals surface area contributed by atoms with Gasteiger partial charge in [0, 0.05) is 13.0 Å². The molecule has 0 saturated heterocycles. The van der Waals surface area contributed by atoms with E-state index in [0.717, 1.165) is 18.4 Å². The summed E-state index contributed by atoms with van der Waals surface area (Å²) in [7, 11) is 0. The summed E-state index contributed by atoms with van der Waals surface area (Å²) in [5.74, 6) is 3.24. The van der Waals surface area contributed by atoms with Gasteiger partial charge in [0.15, 0.2) is 0 Å². The highest BCUT2D eigenvalue weighted by atomic mass is 35.5. The molecule has 0 aromatic heterocycles. The van der Waals surface area contributed by atoms with Gasteiger partial charge in [0.1, 0.15) is 5.75 Å². The third-order valence-corrected chi connectivity index (χ3v) is 2.25. The van der Waals surface area contributed by atoms with Crippen molar-refractivity contribution >= 4 is 11.6 Å². The van der Waals surface area contributed by atoms with Gasteiger partial charge in [0.05, 0.1) is 11.6 Å². The van der Waals surface area contributed by atoms with E-state index in [1.807, 2.05) is 18.2 Å². The highest BCUT2D eigenvalue weighted by Crippen LogP contribution is 2.25. The topological polar surface area (TPSA) is 35.2 Å². The number of hydrogen-bond acceptors (Lipinski definition) is 2. The highest BCUT2D eigenvalue weighted by molar-refractivity contribution is 6.32. The summed E-state index contributed by atoms with van der Waals surface area (Å²) in [5, 5.41) is 0.596. The summed E-state index contributed by atoms with van der Waals surface area (Å²) in [5.41, 5.74) is 6.48. The van der Waals surface area contributed by atoms with E-state index in [4.69, 9.17) is 28.5 Å². The number of unbranched alkanes of at least 4 members (excludes halogenated alkanes) is 1. The zero-order valence-electron chi connectivity index (χ0n) is 8.50. The van der Waals surface area contributed by atoms with E-state index in [2.05, 4.69) is 5.92 Å². The quantitative estimate of drug-likeness (QED) is 0.615. The Morgan fingerprint density at radius 1 is 1.47 bits per heavy atom. The Labute approximate surface area is 95.4 Å². The Kier molecular flexibility index (Phi) is 5.03. The SMILES string of the molecule is C#CCCCOc1ccc(CN)cc1Cl. The maximum absolute atomic E-state index is 6.00. The Balaban J connectivity index is 2.51. The molecule has 1 aromatic rings. The number of rotatable bonds is 5. The minimum Gasteiger partial charge on any atom is -0.492 e. The number of terminal acetylenes is 1. The van der Waals surface area contributed by atoms with Gasteiger partial charge in [-0.25, -0.2) is 0 Å². The zero-order valence-corrected chi connectivity index (χ0v) is 9.26. The van der Waals surface area contributed by atoms with Gasteiger partial charge >= 0.3 is 0 Å². The lowest BCUT2D eigenvalue weighted by Crippen LogP contribution is -1.99. The van der Waals surface area contributed by atoms with E-state index in [-0.39, 0.29) is 0 Å². The van der Waals surface area contributed by atoms with Crippen molar-refractivity contribution in [3.8, 4) is 18.1 Å². The van der Waals surface area contributed by atoms with Crippen LogP contribution in [0.5, 0.6) is 5.75 Å². The molecule has 15 heavy (non-hydrogen) atoms. The van der Waals surface area contributed by atoms with Crippen LogP contribution in [-0.2, 0) is 6.54 Å². The molecule has 0 radical (unpaired) electrons. The van der Waals surface area contributed by atoms with E-state index < -0.39 is 0 Å². The molecule has 0 aliphatic carbocycles. The van der Waals surface area contributed by atoms with E-state index in [0.29, 0.717) is 23.9 Å². The van der Waals surface area contributed by atoms with Gasteiger partial charge in [-0.05, 0) is 24.1 Å². The van der Waals surface area contributed by atoms with E-state index in [1.54, 1.807) is 0 Å². The highest BCUT2D eigenvalue weighted by Gasteiger charge is 2.01. The van der Waals surface area contributed by atoms with Crippen molar-refractivity contribution < 1.29 is 4.74 Å². The van der Waals surface area contributed by atoms with Crippen molar-refractivity contribution in [3.63, 3.8) is 0 Å². The van der Waals surface area contributed by atoms with Crippen molar-refractivity contribution in [3.05, 3.63) is 28.8 Å². The fourth-order valence-electron chi connectivity index (χ4n) is 1.14. The molecule has 0 spiro atoms. The Bertz CT molecular complexity index is 357. The van der Waals surface area contributed by atoms with Crippen molar-refractivity contribution in [2.75, 3.05) is 6.61 Å². The lowest BCUT2D eigenvalue weighted by atomic mass is 10.2. The van der Waals surface area contributed by atoms with E-state index >= 15 is 0 Å². The molecule has 0 aliphatic rings. The number of ether oxygens (including phenoxy) is 1. The number of nitrogens with two attached hydrogens (primary N) is 1. The molecular formula is C12H14ClNO. The third-order valence-electron chi connectivity index (χ3n) is 1.96. The zero-order chi connectivity index (χ0) is 11.1. The van der Waals surface area contributed by atoms with Gasteiger partial charge in [0.25, 0.3) is 0 Å². The smallest absolute Gasteiger partial charge is 0.137 e. The summed E-state index contributed by atoms with van der Waals surface area (Å²) in [6, 6.07) is 5.56. The van der Waals surface area contributed by atoms with Crippen LogP contribution in [-0.4, -0.2) is 6.61 Å². The number of benzene rings is 1. The van der Waals surface area contributed by atoms with Crippen molar-refractivity contribution in [2.45, 2.75) is 19.4 Å². The van der Waals surface area contributed by atoms with E-state index in [9.17, 15) is 0 Å². The Morgan fingerprint density at radius 2 is 2.27 bits per heavy atom. The average Bonchev–Trinajstić information content (AvgIpc) is 2.26. The van der Waals surface area contributed by atoms with Crippen LogP contribution in [0, 0.1) is 12.3 Å². The fraction of sp³-hybridized carbons (Fsp3) is 0.333. The lowest BCUT2D eigenvalue weighted by molar-refractivity contribution is 0.313. The molecule has 2 nitrogen and oxygen atoms in total. The molecule has 3 heteroatoms. The molecule has 0 aliphatic heterocycles. The predicted octanol–water partition coefficient (Wildman–Crippen LogP) is 2.59. The minimum atomic E-state index is 0.483. The van der Waals surface area contributed by atoms with Gasteiger partial charge in [-0.15, -0.1) is 12.3 Å². The second-order valence-corrected chi connectivity index (χ2v) is 3.53. The van der Waals surface area contributed by atoms with Gasteiger partial charge in [-0.2, -0.15) is 0 Å². The number of hydrogen-bond donors (Lipinski definition) is 1. The second-order valence-electron chi connectivity index (χ2n) is 3.13. The molecule has 80 valence electrons. The van der Waals surface area contributed by atoms with Crippen LogP contribution < -0.4 is 10.5 Å². The van der Waals surface area contributed by atoms with Gasteiger partial charge in [-0.3, -0.25) is 0 Å². The van der Waals surface area contributed by atoms with Crippen LogP contribution in [0.2, 0.25) is 5.02 Å². The third kappa shape index (κ3) is 3.83. The molecule has 2 N–H and O–H groups in total. The van der Waals surface area contributed by atoms with Crippen LogP contribution in [0.15, 0.2) is 18.2 Å². The monoisotopic (exact) mass is 223 g/mol. The maximum Gasteiger partial charge on any atom is 0.137 e. The van der Waals surface area contributed by atoms with E-state index in [1.165, 1.54) is 0 Å². The molecular weight excluding hydrogens is 210 g/mol. The first-order valence-corrected chi connectivity index (χ1v) is 5.20. The van der Waals surface area contributed by atoms with Crippen LogP contribution in [0.1, 0.15) is 18.4 Å².